The molecular formula is C18H26FN3O. The summed E-state index contributed by atoms with van der Waals surface area (Å²) < 4.78 is 13.0. The zero-order chi connectivity index (χ0) is 16.1. The van der Waals surface area contributed by atoms with Crippen molar-refractivity contribution >= 4 is 5.91 Å². The molecule has 0 saturated carbocycles. The molecule has 2 aliphatic heterocycles. The Morgan fingerprint density at radius 1 is 1.13 bits per heavy atom. The Kier molecular flexibility index (Phi) is 5.62. The largest absolute Gasteiger partial charge is 0.341 e. The minimum absolute atomic E-state index is 0.193. The minimum Gasteiger partial charge on any atom is -0.341 e. The van der Waals surface area contributed by atoms with E-state index in [-0.39, 0.29) is 11.7 Å². The van der Waals surface area contributed by atoms with Crippen LogP contribution in [0.15, 0.2) is 24.3 Å². The predicted octanol–water partition coefficient (Wildman–Crippen LogP) is 2.00. The molecule has 5 heteroatoms. The van der Waals surface area contributed by atoms with E-state index in [4.69, 9.17) is 0 Å². The van der Waals surface area contributed by atoms with E-state index in [1.807, 2.05) is 17.0 Å². The molecule has 126 valence electrons. The Morgan fingerprint density at radius 3 is 2.70 bits per heavy atom. The Bertz CT molecular complexity index is 514. The monoisotopic (exact) mass is 319 g/mol. The van der Waals surface area contributed by atoms with E-state index < -0.39 is 0 Å². The zero-order valence-electron chi connectivity index (χ0n) is 13.6. The molecule has 2 saturated heterocycles. The van der Waals surface area contributed by atoms with Gasteiger partial charge in [0.1, 0.15) is 5.82 Å². The SMILES string of the molecule is O=C(CC1CCCN1)N1CCCN(Cc2ccc(F)cc2)CC1. The number of amides is 1. The van der Waals surface area contributed by atoms with Crippen LogP contribution in [0.2, 0.25) is 0 Å². The molecule has 1 atom stereocenters. The van der Waals surface area contributed by atoms with Crippen molar-refractivity contribution in [3.63, 3.8) is 0 Å². The standard InChI is InChI=1S/C18H26FN3O/c19-16-6-4-15(5-7-16)14-21-9-2-10-22(12-11-21)18(23)13-17-3-1-8-20-17/h4-7,17,20H,1-3,8-14H2. The van der Waals surface area contributed by atoms with Gasteiger partial charge in [0, 0.05) is 45.2 Å². The minimum atomic E-state index is -0.193. The summed E-state index contributed by atoms with van der Waals surface area (Å²) in [4.78, 5) is 16.8. The van der Waals surface area contributed by atoms with Crippen molar-refractivity contribution in [3.8, 4) is 0 Å². The number of benzene rings is 1. The number of rotatable bonds is 4. The summed E-state index contributed by atoms with van der Waals surface area (Å²) in [6, 6.07) is 7.08. The lowest BCUT2D eigenvalue weighted by Gasteiger charge is -2.23. The molecule has 23 heavy (non-hydrogen) atoms. The quantitative estimate of drug-likeness (QED) is 0.922. The highest BCUT2D eigenvalue weighted by molar-refractivity contribution is 5.76. The summed E-state index contributed by atoms with van der Waals surface area (Å²) >= 11 is 0. The maximum atomic E-state index is 13.0. The van der Waals surface area contributed by atoms with Crippen LogP contribution in [0, 0.1) is 5.82 Å². The number of halogens is 1. The number of nitrogens with one attached hydrogen (secondary N) is 1. The van der Waals surface area contributed by atoms with E-state index in [9.17, 15) is 9.18 Å². The van der Waals surface area contributed by atoms with Crippen LogP contribution in [-0.4, -0.2) is 54.5 Å². The molecule has 0 aliphatic carbocycles. The highest BCUT2D eigenvalue weighted by atomic mass is 19.1. The van der Waals surface area contributed by atoms with Gasteiger partial charge in [-0.2, -0.15) is 0 Å². The summed E-state index contributed by atoms with van der Waals surface area (Å²) in [7, 11) is 0. The van der Waals surface area contributed by atoms with E-state index in [1.54, 1.807) is 0 Å². The third-order valence-electron chi connectivity index (χ3n) is 4.84. The highest BCUT2D eigenvalue weighted by Gasteiger charge is 2.23. The van der Waals surface area contributed by atoms with Gasteiger partial charge < -0.3 is 10.2 Å². The second-order valence-corrected chi connectivity index (χ2v) is 6.63. The van der Waals surface area contributed by atoms with E-state index >= 15 is 0 Å². The molecule has 2 heterocycles. The molecule has 2 fully saturated rings. The van der Waals surface area contributed by atoms with E-state index in [1.165, 1.54) is 18.6 Å². The maximum Gasteiger partial charge on any atom is 0.224 e. The number of nitrogens with zero attached hydrogens (tertiary/aromatic N) is 2. The first kappa shape index (κ1) is 16.4. The van der Waals surface area contributed by atoms with Crippen LogP contribution in [0.25, 0.3) is 0 Å². The van der Waals surface area contributed by atoms with E-state index in [0.717, 1.165) is 57.7 Å². The van der Waals surface area contributed by atoms with Crippen LogP contribution < -0.4 is 5.32 Å². The number of hydrogen-bond donors (Lipinski definition) is 1. The third kappa shape index (κ3) is 4.75. The molecule has 4 nitrogen and oxygen atoms in total. The summed E-state index contributed by atoms with van der Waals surface area (Å²) in [5.41, 5.74) is 1.13. The molecule has 0 bridgehead atoms. The van der Waals surface area contributed by atoms with Crippen LogP contribution in [0.5, 0.6) is 0 Å². The van der Waals surface area contributed by atoms with Crippen molar-refractivity contribution in [1.29, 1.82) is 0 Å². The Morgan fingerprint density at radius 2 is 1.96 bits per heavy atom. The summed E-state index contributed by atoms with van der Waals surface area (Å²) in [6.07, 6.45) is 3.95. The van der Waals surface area contributed by atoms with E-state index in [0.29, 0.717) is 12.5 Å². The molecule has 0 radical (unpaired) electrons. The van der Waals surface area contributed by atoms with Gasteiger partial charge in [0.25, 0.3) is 0 Å². The molecule has 1 unspecified atom stereocenters. The van der Waals surface area contributed by atoms with Gasteiger partial charge in [-0.25, -0.2) is 4.39 Å². The first-order valence-corrected chi connectivity index (χ1v) is 8.69. The molecule has 1 aromatic carbocycles. The van der Waals surface area contributed by atoms with Gasteiger partial charge in [0.15, 0.2) is 0 Å². The van der Waals surface area contributed by atoms with Crippen molar-refractivity contribution in [2.45, 2.75) is 38.3 Å². The van der Waals surface area contributed by atoms with Crippen molar-refractivity contribution in [2.75, 3.05) is 32.7 Å². The second kappa shape index (κ2) is 7.88. The second-order valence-electron chi connectivity index (χ2n) is 6.63. The van der Waals surface area contributed by atoms with E-state index in [2.05, 4.69) is 10.2 Å². The van der Waals surface area contributed by atoms with Crippen molar-refractivity contribution in [1.82, 2.24) is 15.1 Å². The van der Waals surface area contributed by atoms with Crippen LogP contribution >= 0.6 is 0 Å². The van der Waals surface area contributed by atoms with Gasteiger partial charge in [-0.1, -0.05) is 12.1 Å². The Balaban J connectivity index is 1.48. The molecule has 0 aromatic heterocycles. The molecule has 1 N–H and O–H groups in total. The lowest BCUT2D eigenvalue weighted by molar-refractivity contribution is -0.131. The molecule has 3 rings (SSSR count). The maximum absolute atomic E-state index is 13.0. The average Bonchev–Trinajstić information content (AvgIpc) is 2.94. The molecule has 2 aliphatic rings. The van der Waals surface area contributed by atoms with Gasteiger partial charge in [-0.3, -0.25) is 9.69 Å². The lowest BCUT2D eigenvalue weighted by Crippen LogP contribution is -2.38. The fraction of sp³-hybridized carbons (Fsp3) is 0.611. The number of carbonyl (C=O) groups is 1. The highest BCUT2D eigenvalue weighted by Crippen LogP contribution is 2.14. The first-order chi connectivity index (χ1) is 11.2. The Hall–Kier alpha value is -1.46. The lowest BCUT2D eigenvalue weighted by atomic mass is 10.1. The molecule has 1 aromatic rings. The predicted molar refractivity (Wildman–Crippen MR) is 88.5 cm³/mol. The van der Waals surface area contributed by atoms with Crippen LogP contribution in [0.3, 0.4) is 0 Å². The Labute approximate surface area is 137 Å². The van der Waals surface area contributed by atoms with Crippen LogP contribution in [0.4, 0.5) is 4.39 Å². The van der Waals surface area contributed by atoms with Gasteiger partial charge in [-0.05, 0) is 43.5 Å². The van der Waals surface area contributed by atoms with Crippen LogP contribution in [-0.2, 0) is 11.3 Å². The number of hydrogen-bond acceptors (Lipinski definition) is 3. The van der Waals surface area contributed by atoms with Gasteiger partial charge in [0.05, 0.1) is 0 Å². The van der Waals surface area contributed by atoms with Crippen molar-refractivity contribution in [2.24, 2.45) is 0 Å². The number of carbonyl (C=O) groups excluding carboxylic acids is 1. The molecule has 1 amide bonds. The van der Waals surface area contributed by atoms with Gasteiger partial charge >= 0.3 is 0 Å². The summed E-state index contributed by atoms with van der Waals surface area (Å²) in [6.45, 7) is 5.40. The zero-order valence-corrected chi connectivity index (χ0v) is 13.6. The first-order valence-electron chi connectivity index (χ1n) is 8.69. The van der Waals surface area contributed by atoms with Gasteiger partial charge in [-0.15, -0.1) is 0 Å². The summed E-state index contributed by atoms with van der Waals surface area (Å²) in [5.74, 6) is 0.0925. The van der Waals surface area contributed by atoms with Crippen molar-refractivity contribution < 1.29 is 9.18 Å². The average molecular weight is 319 g/mol. The smallest absolute Gasteiger partial charge is 0.224 e. The molecular weight excluding hydrogens is 293 g/mol. The fourth-order valence-electron chi connectivity index (χ4n) is 3.50. The third-order valence-corrected chi connectivity index (χ3v) is 4.84. The summed E-state index contributed by atoms with van der Waals surface area (Å²) in [5, 5.41) is 3.40. The normalized spacial score (nSPS) is 23.0. The molecule has 0 spiro atoms. The fourth-order valence-corrected chi connectivity index (χ4v) is 3.50. The van der Waals surface area contributed by atoms with Gasteiger partial charge in [0.2, 0.25) is 5.91 Å². The van der Waals surface area contributed by atoms with Crippen molar-refractivity contribution in [3.05, 3.63) is 35.6 Å². The topological polar surface area (TPSA) is 35.6 Å². The van der Waals surface area contributed by atoms with Crippen LogP contribution in [0.1, 0.15) is 31.2 Å².